The second kappa shape index (κ2) is 6.47. The van der Waals surface area contributed by atoms with E-state index < -0.39 is 10.0 Å². The number of sulfonamides is 1. The van der Waals surface area contributed by atoms with E-state index in [9.17, 15) is 8.42 Å². The quantitative estimate of drug-likeness (QED) is 0.758. The SMILES string of the molecule is NCCCN1CCCN(S(=O)(=O)c2ccn[nH]2)CC1. The smallest absolute Gasteiger partial charge is 0.260 e. The van der Waals surface area contributed by atoms with Gasteiger partial charge in [0.05, 0.1) is 6.20 Å². The Hall–Kier alpha value is -0.960. The first-order valence-corrected chi connectivity index (χ1v) is 8.00. The van der Waals surface area contributed by atoms with E-state index in [-0.39, 0.29) is 5.03 Å². The third kappa shape index (κ3) is 3.53. The Kier molecular flexibility index (Phi) is 4.92. The summed E-state index contributed by atoms with van der Waals surface area (Å²) in [5, 5.41) is 6.41. The normalized spacial score (nSPS) is 19.4. The number of hydrogen-bond donors (Lipinski definition) is 2. The third-order valence-electron chi connectivity index (χ3n) is 3.32. The number of H-pyrrole nitrogens is 1. The van der Waals surface area contributed by atoms with E-state index in [4.69, 9.17) is 5.73 Å². The van der Waals surface area contributed by atoms with Gasteiger partial charge in [-0.3, -0.25) is 5.10 Å². The van der Waals surface area contributed by atoms with E-state index in [1.165, 1.54) is 16.6 Å². The molecule has 0 unspecified atom stereocenters. The van der Waals surface area contributed by atoms with Crippen LogP contribution in [0.4, 0.5) is 0 Å². The molecule has 3 N–H and O–H groups in total. The zero-order valence-electron chi connectivity index (χ0n) is 11.0. The summed E-state index contributed by atoms with van der Waals surface area (Å²) in [4.78, 5) is 2.27. The standard InChI is InChI=1S/C11H21N5O2S/c12-4-1-6-15-7-2-8-16(10-9-15)19(17,18)11-3-5-13-14-11/h3,5H,1-2,4,6-10,12H2,(H,13,14). The van der Waals surface area contributed by atoms with Crippen molar-refractivity contribution in [2.45, 2.75) is 17.9 Å². The highest BCUT2D eigenvalue weighted by atomic mass is 32.2. The van der Waals surface area contributed by atoms with E-state index in [0.29, 0.717) is 19.6 Å². The van der Waals surface area contributed by atoms with Gasteiger partial charge in [0, 0.05) is 19.6 Å². The van der Waals surface area contributed by atoms with Crippen LogP contribution in [0.5, 0.6) is 0 Å². The minimum Gasteiger partial charge on any atom is -0.330 e. The molecule has 0 aromatic carbocycles. The summed E-state index contributed by atoms with van der Waals surface area (Å²) < 4.78 is 26.2. The molecule has 108 valence electrons. The lowest BCUT2D eigenvalue weighted by atomic mass is 10.3. The number of aromatic nitrogens is 2. The summed E-state index contributed by atoms with van der Waals surface area (Å²) in [5.41, 5.74) is 5.50. The van der Waals surface area contributed by atoms with E-state index >= 15 is 0 Å². The molecule has 1 aliphatic rings. The van der Waals surface area contributed by atoms with Crippen molar-refractivity contribution in [3.63, 3.8) is 0 Å². The molecule has 0 amide bonds. The summed E-state index contributed by atoms with van der Waals surface area (Å²) in [7, 11) is -3.42. The molecule has 0 spiro atoms. The molecule has 1 aromatic heterocycles. The summed E-state index contributed by atoms with van der Waals surface area (Å²) >= 11 is 0. The van der Waals surface area contributed by atoms with Gasteiger partial charge in [0.2, 0.25) is 0 Å². The minimum atomic E-state index is -3.42. The second-order valence-corrected chi connectivity index (χ2v) is 6.57. The predicted octanol–water partition coefficient (Wildman–Crippen LogP) is -0.545. The van der Waals surface area contributed by atoms with Gasteiger partial charge < -0.3 is 10.6 Å². The molecule has 0 aliphatic carbocycles. The van der Waals surface area contributed by atoms with Gasteiger partial charge in [-0.2, -0.15) is 9.40 Å². The first kappa shape index (κ1) is 14.4. The zero-order chi connectivity index (χ0) is 13.7. The minimum absolute atomic E-state index is 0.169. The third-order valence-corrected chi connectivity index (χ3v) is 5.15. The number of aromatic amines is 1. The highest BCUT2D eigenvalue weighted by Gasteiger charge is 2.27. The summed E-state index contributed by atoms with van der Waals surface area (Å²) in [6.45, 7) is 4.37. The van der Waals surface area contributed by atoms with Crippen molar-refractivity contribution in [2.75, 3.05) is 39.3 Å². The number of hydrogen-bond acceptors (Lipinski definition) is 5. The molecule has 1 aromatic rings. The summed E-state index contributed by atoms with van der Waals surface area (Å²) in [5.74, 6) is 0. The first-order valence-electron chi connectivity index (χ1n) is 6.56. The lowest BCUT2D eigenvalue weighted by molar-refractivity contribution is 0.284. The predicted molar refractivity (Wildman–Crippen MR) is 72.1 cm³/mol. The van der Waals surface area contributed by atoms with Crippen LogP contribution in [-0.4, -0.2) is 67.1 Å². The van der Waals surface area contributed by atoms with Crippen molar-refractivity contribution < 1.29 is 8.42 Å². The summed E-state index contributed by atoms with van der Waals surface area (Å²) in [6, 6.07) is 1.49. The van der Waals surface area contributed by atoms with Crippen LogP contribution in [0, 0.1) is 0 Å². The van der Waals surface area contributed by atoms with Crippen LogP contribution < -0.4 is 5.73 Å². The average Bonchev–Trinajstić information content (AvgIpc) is 2.83. The lowest BCUT2D eigenvalue weighted by Crippen LogP contribution is -2.35. The zero-order valence-corrected chi connectivity index (χ0v) is 11.8. The Labute approximate surface area is 113 Å². The number of nitrogens with one attached hydrogen (secondary N) is 1. The van der Waals surface area contributed by atoms with Crippen LogP contribution in [0.2, 0.25) is 0 Å². The molecule has 8 heteroatoms. The highest BCUT2D eigenvalue weighted by molar-refractivity contribution is 7.89. The van der Waals surface area contributed by atoms with Crippen LogP contribution in [0.3, 0.4) is 0 Å². The molecule has 1 fully saturated rings. The van der Waals surface area contributed by atoms with Gasteiger partial charge in [0.15, 0.2) is 5.03 Å². The molecular formula is C11H21N5O2S. The van der Waals surface area contributed by atoms with Gasteiger partial charge in [-0.1, -0.05) is 0 Å². The molecule has 1 saturated heterocycles. The molecule has 0 atom stereocenters. The van der Waals surface area contributed by atoms with Crippen LogP contribution >= 0.6 is 0 Å². The molecular weight excluding hydrogens is 266 g/mol. The fourth-order valence-corrected chi connectivity index (χ4v) is 3.62. The van der Waals surface area contributed by atoms with Gasteiger partial charge in [-0.05, 0) is 38.5 Å². The fourth-order valence-electron chi connectivity index (χ4n) is 2.25. The maximum Gasteiger partial charge on any atom is 0.260 e. The largest absolute Gasteiger partial charge is 0.330 e. The van der Waals surface area contributed by atoms with E-state index in [1.807, 2.05) is 0 Å². The van der Waals surface area contributed by atoms with Crippen molar-refractivity contribution >= 4 is 10.0 Å². The van der Waals surface area contributed by atoms with Crippen molar-refractivity contribution in [3.05, 3.63) is 12.3 Å². The number of rotatable bonds is 5. The molecule has 2 rings (SSSR count). The monoisotopic (exact) mass is 287 g/mol. The molecule has 19 heavy (non-hydrogen) atoms. The average molecular weight is 287 g/mol. The second-order valence-electron chi connectivity index (χ2n) is 4.66. The Morgan fingerprint density at radius 1 is 1.32 bits per heavy atom. The van der Waals surface area contributed by atoms with E-state index in [2.05, 4.69) is 15.1 Å². The molecule has 7 nitrogen and oxygen atoms in total. The maximum absolute atomic E-state index is 12.3. The van der Waals surface area contributed by atoms with Crippen molar-refractivity contribution in [1.29, 1.82) is 0 Å². The number of nitrogens with two attached hydrogens (primary N) is 1. The van der Waals surface area contributed by atoms with Gasteiger partial charge in [0.1, 0.15) is 0 Å². The van der Waals surface area contributed by atoms with Crippen molar-refractivity contribution in [1.82, 2.24) is 19.4 Å². The van der Waals surface area contributed by atoms with Crippen LogP contribution in [0.1, 0.15) is 12.8 Å². The molecule has 0 saturated carbocycles. The fraction of sp³-hybridized carbons (Fsp3) is 0.727. The van der Waals surface area contributed by atoms with Crippen molar-refractivity contribution in [2.24, 2.45) is 5.73 Å². The van der Waals surface area contributed by atoms with Crippen molar-refractivity contribution in [3.8, 4) is 0 Å². The summed E-state index contributed by atoms with van der Waals surface area (Å²) in [6.07, 6.45) is 3.25. The molecule has 0 bridgehead atoms. The molecule has 1 aliphatic heterocycles. The molecule has 2 heterocycles. The van der Waals surface area contributed by atoms with E-state index in [1.54, 1.807) is 0 Å². The van der Waals surface area contributed by atoms with Gasteiger partial charge >= 0.3 is 0 Å². The highest BCUT2D eigenvalue weighted by Crippen LogP contribution is 2.15. The number of nitrogens with zero attached hydrogens (tertiary/aromatic N) is 3. The first-order chi connectivity index (χ1) is 9.14. The van der Waals surface area contributed by atoms with E-state index in [0.717, 1.165) is 32.5 Å². The lowest BCUT2D eigenvalue weighted by Gasteiger charge is -2.20. The van der Waals surface area contributed by atoms with Gasteiger partial charge in [-0.25, -0.2) is 8.42 Å². The Bertz CT molecular complexity index is 473. The Morgan fingerprint density at radius 3 is 2.84 bits per heavy atom. The van der Waals surface area contributed by atoms with Gasteiger partial charge in [0.25, 0.3) is 10.0 Å². The van der Waals surface area contributed by atoms with Crippen LogP contribution in [0.25, 0.3) is 0 Å². The Balaban J connectivity index is 1.99. The Morgan fingerprint density at radius 2 is 2.16 bits per heavy atom. The maximum atomic E-state index is 12.3. The van der Waals surface area contributed by atoms with Crippen LogP contribution in [-0.2, 0) is 10.0 Å². The van der Waals surface area contributed by atoms with Crippen LogP contribution in [0.15, 0.2) is 17.3 Å². The topological polar surface area (TPSA) is 95.3 Å². The van der Waals surface area contributed by atoms with Gasteiger partial charge in [-0.15, -0.1) is 0 Å². The molecule has 0 radical (unpaired) electrons.